The summed E-state index contributed by atoms with van der Waals surface area (Å²) in [7, 11) is 3.59. The van der Waals surface area contributed by atoms with E-state index in [4.69, 9.17) is 16.3 Å². The lowest BCUT2D eigenvalue weighted by molar-refractivity contribution is 0.213. The maximum atomic E-state index is 13.9. The van der Waals surface area contributed by atoms with E-state index >= 15 is 0 Å². The Balaban J connectivity index is 2.14. The van der Waals surface area contributed by atoms with Gasteiger partial charge in [0.1, 0.15) is 5.82 Å². The molecule has 21 heavy (non-hydrogen) atoms. The van der Waals surface area contributed by atoms with Crippen molar-refractivity contribution in [2.45, 2.75) is 24.8 Å². The summed E-state index contributed by atoms with van der Waals surface area (Å²) in [5, 5.41) is 0. The highest BCUT2D eigenvalue weighted by molar-refractivity contribution is 6.16. The molecule has 114 valence electrons. The van der Waals surface area contributed by atoms with Gasteiger partial charge < -0.3 is 14.2 Å². The van der Waals surface area contributed by atoms with Crippen LogP contribution < -0.4 is 4.74 Å². The van der Waals surface area contributed by atoms with E-state index < -0.39 is 5.82 Å². The molecule has 1 fully saturated rings. The molecule has 1 unspecified atom stereocenters. The number of nitrogens with zero attached hydrogens (tertiary/aromatic N) is 3. The zero-order chi connectivity index (χ0) is 15.0. The molecule has 0 spiro atoms. The third-order valence-corrected chi connectivity index (χ3v) is 4.36. The van der Waals surface area contributed by atoms with Crippen LogP contribution in [0.2, 0.25) is 0 Å². The van der Waals surface area contributed by atoms with E-state index in [-0.39, 0.29) is 5.75 Å². The molecule has 3 rings (SSSR count). The summed E-state index contributed by atoms with van der Waals surface area (Å²) < 4.78 is 21.1. The minimum Gasteiger partial charge on any atom is -0.494 e. The first kappa shape index (κ1) is 14.6. The van der Waals surface area contributed by atoms with Gasteiger partial charge in [-0.3, -0.25) is 0 Å². The summed E-state index contributed by atoms with van der Waals surface area (Å²) >= 11 is 6.05. The van der Waals surface area contributed by atoms with Crippen molar-refractivity contribution in [1.29, 1.82) is 0 Å². The second-order valence-electron chi connectivity index (χ2n) is 5.57. The van der Waals surface area contributed by atoms with Gasteiger partial charge in [0, 0.05) is 24.7 Å². The SMILES string of the molecule is COc1cc2c(cc1F)nc(CCl)n2C1CCCN(C)C1. The number of alkyl halides is 1. The predicted octanol–water partition coefficient (Wildman–Crippen LogP) is 3.19. The number of likely N-dealkylation sites (N-methyl/N-ethyl adjacent to an activating group) is 1. The number of imidazole rings is 1. The van der Waals surface area contributed by atoms with Crippen LogP contribution in [0.4, 0.5) is 4.39 Å². The summed E-state index contributed by atoms with van der Waals surface area (Å²) in [6, 6.07) is 3.47. The number of halogens is 2. The lowest BCUT2D eigenvalue weighted by atomic mass is 10.1. The van der Waals surface area contributed by atoms with Gasteiger partial charge in [-0.25, -0.2) is 9.37 Å². The van der Waals surface area contributed by atoms with Crippen LogP contribution in [0.15, 0.2) is 12.1 Å². The number of ether oxygens (including phenoxy) is 1. The molecule has 1 aliphatic heterocycles. The van der Waals surface area contributed by atoms with E-state index in [1.165, 1.54) is 13.2 Å². The van der Waals surface area contributed by atoms with Gasteiger partial charge >= 0.3 is 0 Å². The maximum Gasteiger partial charge on any atom is 0.167 e. The van der Waals surface area contributed by atoms with Gasteiger partial charge in [-0.05, 0) is 26.4 Å². The third kappa shape index (κ3) is 2.60. The van der Waals surface area contributed by atoms with Gasteiger partial charge in [-0.15, -0.1) is 11.6 Å². The predicted molar refractivity (Wildman–Crippen MR) is 81.6 cm³/mol. The standard InChI is InChI=1S/C15H19ClFN3O/c1-19-5-3-4-10(9-19)20-13-7-14(21-2)11(17)6-12(13)18-15(20)8-16/h6-7,10H,3-5,8-9H2,1-2H3. The van der Waals surface area contributed by atoms with E-state index in [1.807, 2.05) is 0 Å². The minimum absolute atomic E-state index is 0.244. The maximum absolute atomic E-state index is 13.9. The highest BCUT2D eigenvalue weighted by Crippen LogP contribution is 2.31. The topological polar surface area (TPSA) is 30.3 Å². The largest absolute Gasteiger partial charge is 0.494 e. The minimum atomic E-state index is -0.392. The van der Waals surface area contributed by atoms with Crippen molar-refractivity contribution in [3.8, 4) is 5.75 Å². The fourth-order valence-electron chi connectivity index (χ4n) is 3.15. The van der Waals surface area contributed by atoms with E-state index in [0.717, 1.165) is 37.3 Å². The summed E-state index contributed by atoms with van der Waals surface area (Å²) in [5.41, 5.74) is 1.53. The number of rotatable bonds is 3. The van der Waals surface area contributed by atoms with Crippen LogP contribution in [-0.4, -0.2) is 41.7 Å². The number of methoxy groups -OCH3 is 1. The molecule has 0 saturated carbocycles. The van der Waals surface area contributed by atoms with Crippen LogP contribution >= 0.6 is 11.6 Å². The van der Waals surface area contributed by atoms with Crippen LogP contribution in [0.1, 0.15) is 24.7 Å². The molecule has 1 aliphatic rings. The lowest BCUT2D eigenvalue weighted by Crippen LogP contribution is -2.34. The van der Waals surface area contributed by atoms with Gasteiger partial charge in [0.15, 0.2) is 11.6 Å². The molecule has 1 aromatic carbocycles. The van der Waals surface area contributed by atoms with Crippen molar-refractivity contribution < 1.29 is 9.13 Å². The molecular weight excluding hydrogens is 293 g/mol. The van der Waals surface area contributed by atoms with Crippen molar-refractivity contribution in [3.05, 3.63) is 23.8 Å². The molecule has 1 aromatic heterocycles. The molecule has 6 heteroatoms. The van der Waals surface area contributed by atoms with Crippen molar-refractivity contribution >= 4 is 22.6 Å². The van der Waals surface area contributed by atoms with Crippen molar-refractivity contribution in [1.82, 2.24) is 14.5 Å². The van der Waals surface area contributed by atoms with Crippen molar-refractivity contribution in [2.75, 3.05) is 27.2 Å². The Labute approximate surface area is 128 Å². The Morgan fingerprint density at radius 3 is 2.95 bits per heavy atom. The molecule has 1 atom stereocenters. The summed E-state index contributed by atoms with van der Waals surface area (Å²) in [6.45, 7) is 2.06. The average Bonchev–Trinajstić information content (AvgIpc) is 2.83. The summed E-state index contributed by atoms with van der Waals surface area (Å²) in [6.07, 6.45) is 2.22. The first-order valence-corrected chi connectivity index (χ1v) is 7.66. The number of hydrogen-bond acceptors (Lipinski definition) is 3. The zero-order valence-electron chi connectivity index (χ0n) is 12.3. The van der Waals surface area contributed by atoms with Crippen LogP contribution in [0, 0.1) is 5.82 Å². The Bertz CT molecular complexity index is 658. The molecular formula is C15H19ClFN3O. The van der Waals surface area contributed by atoms with Crippen LogP contribution in [0.3, 0.4) is 0 Å². The first-order chi connectivity index (χ1) is 10.1. The number of hydrogen-bond donors (Lipinski definition) is 0. The van der Waals surface area contributed by atoms with Gasteiger partial charge in [-0.1, -0.05) is 0 Å². The van der Waals surface area contributed by atoms with E-state index in [1.54, 1.807) is 6.07 Å². The Kier molecular flexibility index (Phi) is 4.04. The second kappa shape index (κ2) is 5.81. The van der Waals surface area contributed by atoms with Gasteiger partial charge in [-0.2, -0.15) is 0 Å². The Hall–Kier alpha value is -1.33. The molecule has 0 amide bonds. The Morgan fingerprint density at radius 2 is 2.29 bits per heavy atom. The summed E-state index contributed by atoms with van der Waals surface area (Å²) in [4.78, 5) is 6.79. The fraction of sp³-hybridized carbons (Fsp3) is 0.533. The van der Waals surface area contributed by atoms with Crippen molar-refractivity contribution in [3.63, 3.8) is 0 Å². The molecule has 2 aromatic rings. The summed E-state index contributed by atoms with van der Waals surface area (Å²) in [5.74, 6) is 0.962. The van der Waals surface area contributed by atoms with Gasteiger partial charge in [0.25, 0.3) is 0 Å². The first-order valence-electron chi connectivity index (χ1n) is 7.13. The van der Waals surface area contributed by atoms with Gasteiger partial charge in [0.2, 0.25) is 0 Å². The average molecular weight is 312 g/mol. The fourth-order valence-corrected chi connectivity index (χ4v) is 3.34. The molecule has 2 heterocycles. The monoisotopic (exact) mass is 311 g/mol. The van der Waals surface area contributed by atoms with E-state index in [2.05, 4.69) is 21.5 Å². The van der Waals surface area contributed by atoms with Crippen LogP contribution in [0.5, 0.6) is 5.75 Å². The quantitative estimate of drug-likeness (QED) is 0.816. The second-order valence-corrected chi connectivity index (χ2v) is 5.83. The molecule has 0 bridgehead atoms. The number of aromatic nitrogens is 2. The molecule has 4 nitrogen and oxygen atoms in total. The number of benzene rings is 1. The van der Waals surface area contributed by atoms with Crippen LogP contribution in [-0.2, 0) is 5.88 Å². The number of likely N-dealkylation sites (tertiary alicyclic amines) is 1. The molecule has 0 aliphatic carbocycles. The molecule has 0 N–H and O–H groups in total. The Morgan fingerprint density at radius 1 is 1.48 bits per heavy atom. The number of piperidine rings is 1. The normalized spacial score (nSPS) is 20.1. The van der Waals surface area contributed by atoms with E-state index in [0.29, 0.717) is 17.4 Å². The smallest absolute Gasteiger partial charge is 0.167 e. The van der Waals surface area contributed by atoms with E-state index in [9.17, 15) is 4.39 Å². The number of fused-ring (bicyclic) bond motifs is 1. The van der Waals surface area contributed by atoms with Crippen LogP contribution in [0.25, 0.3) is 11.0 Å². The lowest BCUT2D eigenvalue weighted by Gasteiger charge is -2.31. The zero-order valence-corrected chi connectivity index (χ0v) is 13.0. The highest BCUT2D eigenvalue weighted by atomic mass is 35.5. The molecule has 0 radical (unpaired) electrons. The van der Waals surface area contributed by atoms with Gasteiger partial charge in [0.05, 0.1) is 24.0 Å². The third-order valence-electron chi connectivity index (χ3n) is 4.12. The molecule has 1 saturated heterocycles. The highest BCUT2D eigenvalue weighted by Gasteiger charge is 2.24. The van der Waals surface area contributed by atoms with Crippen molar-refractivity contribution in [2.24, 2.45) is 0 Å².